The maximum atomic E-state index is 14.2. The van der Waals surface area contributed by atoms with Gasteiger partial charge < -0.3 is 52.5 Å². The molecule has 0 bridgehead atoms. The van der Waals surface area contributed by atoms with Crippen LogP contribution in [0.15, 0.2) is 152 Å². The summed E-state index contributed by atoms with van der Waals surface area (Å²) in [5, 5.41) is 12.2. The van der Waals surface area contributed by atoms with E-state index in [2.05, 4.69) is 0 Å². The molecular weight excluding hydrogens is 837 g/mol. The minimum absolute atomic E-state index is 0.0294. The van der Waals surface area contributed by atoms with Crippen LogP contribution in [0, 0.1) is 0 Å². The fourth-order valence-electron chi connectivity index (χ4n) is 7.80. The van der Waals surface area contributed by atoms with E-state index in [0.717, 1.165) is 18.4 Å². The van der Waals surface area contributed by atoms with Crippen molar-refractivity contribution >= 4 is 17.9 Å². The molecule has 0 aliphatic carbocycles. The zero-order valence-corrected chi connectivity index (χ0v) is 35.8. The van der Waals surface area contributed by atoms with Crippen LogP contribution in [0.2, 0.25) is 0 Å². The van der Waals surface area contributed by atoms with Crippen LogP contribution >= 0.6 is 0 Å². The summed E-state index contributed by atoms with van der Waals surface area (Å²) in [6, 6.07) is 43.4. The Bertz CT molecular complexity index is 2250. The molecule has 0 saturated carbocycles. The first-order chi connectivity index (χ1) is 31.9. The third-order valence-corrected chi connectivity index (χ3v) is 11.2. The van der Waals surface area contributed by atoms with E-state index in [4.69, 9.17) is 47.4 Å². The smallest absolute Gasteiger partial charge is 0.338 e. The van der Waals surface area contributed by atoms with Gasteiger partial charge in [0.05, 0.1) is 36.5 Å². The largest absolute Gasteiger partial charge is 0.452 e. The summed E-state index contributed by atoms with van der Waals surface area (Å²) in [7, 11) is 0. The van der Waals surface area contributed by atoms with E-state index in [-0.39, 0.29) is 36.5 Å². The molecule has 0 spiro atoms. The summed E-state index contributed by atoms with van der Waals surface area (Å²) in [6.45, 7) is 2.28. The SMILES string of the molecule is CCCCOCC1OC(OCc2ccccc2)C(OC(=O)c2ccccc2)C(OC(=O)c2ccccc2)C1OC1OC2COC(c3ccccc3)OC2C(O)C1OC(=O)c1ccccc1. The Morgan fingerprint density at radius 3 is 1.69 bits per heavy atom. The molecule has 3 fully saturated rings. The van der Waals surface area contributed by atoms with Gasteiger partial charge in [0.25, 0.3) is 0 Å². The summed E-state index contributed by atoms with van der Waals surface area (Å²) in [5.74, 6) is -2.29. The molecule has 0 aromatic heterocycles. The molecular formula is C51H52O14. The van der Waals surface area contributed by atoms with Crippen molar-refractivity contribution in [2.75, 3.05) is 19.8 Å². The Hall–Kier alpha value is -5.81. The summed E-state index contributed by atoms with van der Waals surface area (Å²) >= 11 is 0. The summed E-state index contributed by atoms with van der Waals surface area (Å²) < 4.78 is 63.8. The number of hydrogen-bond donors (Lipinski definition) is 1. The predicted molar refractivity (Wildman–Crippen MR) is 232 cm³/mol. The van der Waals surface area contributed by atoms with Crippen LogP contribution < -0.4 is 0 Å². The number of carbonyl (C=O) groups excluding carboxylic acids is 3. The van der Waals surface area contributed by atoms with Gasteiger partial charge >= 0.3 is 17.9 Å². The predicted octanol–water partition coefficient (Wildman–Crippen LogP) is 7.01. The third kappa shape index (κ3) is 11.5. The van der Waals surface area contributed by atoms with Gasteiger partial charge in [0, 0.05) is 12.2 Å². The second-order valence-electron chi connectivity index (χ2n) is 15.8. The lowest BCUT2D eigenvalue weighted by Gasteiger charge is -2.50. The number of unbranched alkanes of at least 4 members (excludes halogenated alkanes) is 1. The lowest BCUT2D eigenvalue weighted by Crippen LogP contribution is -2.67. The Morgan fingerprint density at radius 2 is 1.12 bits per heavy atom. The van der Waals surface area contributed by atoms with E-state index in [1.807, 2.05) is 67.6 Å². The molecule has 11 unspecified atom stereocenters. The first-order valence-electron chi connectivity index (χ1n) is 21.8. The van der Waals surface area contributed by atoms with Gasteiger partial charge in [-0.3, -0.25) is 0 Å². The second-order valence-corrected chi connectivity index (χ2v) is 15.8. The lowest BCUT2D eigenvalue weighted by atomic mass is 9.95. The Balaban J connectivity index is 1.18. The molecule has 5 aromatic rings. The van der Waals surface area contributed by atoms with Crippen molar-refractivity contribution in [1.29, 1.82) is 0 Å². The van der Waals surface area contributed by atoms with Gasteiger partial charge in [-0.1, -0.05) is 129 Å². The fourth-order valence-corrected chi connectivity index (χ4v) is 7.80. The quantitative estimate of drug-likeness (QED) is 0.0576. The fraction of sp³-hybridized carbons (Fsp3) is 0.353. The molecule has 65 heavy (non-hydrogen) atoms. The maximum Gasteiger partial charge on any atom is 0.338 e. The molecule has 5 aromatic carbocycles. The highest BCUT2D eigenvalue weighted by Crippen LogP contribution is 2.39. The zero-order valence-electron chi connectivity index (χ0n) is 35.8. The number of benzene rings is 5. The van der Waals surface area contributed by atoms with Crippen LogP contribution in [-0.4, -0.2) is 104 Å². The first kappa shape index (κ1) is 45.7. The van der Waals surface area contributed by atoms with Crippen molar-refractivity contribution in [2.45, 2.75) is 94.1 Å². The molecule has 3 heterocycles. The van der Waals surface area contributed by atoms with Gasteiger partial charge in [-0.05, 0) is 48.4 Å². The molecule has 14 heteroatoms. The minimum atomic E-state index is -1.56. The molecule has 1 N–H and O–H groups in total. The first-order valence-corrected chi connectivity index (χ1v) is 21.8. The van der Waals surface area contributed by atoms with Gasteiger partial charge in [0.2, 0.25) is 0 Å². The second kappa shape index (κ2) is 22.4. The molecule has 11 atom stereocenters. The molecule has 340 valence electrons. The average Bonchev–Trinajstić information content (AvgIpc) is 3.36. The highest BCUT2D eigenvalue weighted by Gasteiger charge is 2.57. The highest BCUT2D eigenvalue weighted by atomic mass is 16.8. The zero-order chi connectivity index (χ0) is 45.0. The number of ether oxygens (including phenoxy) is 10. The van der Waals surface area contributed by atoms with Gasteiger partial charge in [0.1, 0.15) is 30.5 Å². The highest BCUT2D eigenvalue weighted by molar-refractivity contribution is 5.90. The van der Waals surface area contributed by atoms with Gasteiger partial charge in [-0.15, -0.1) is 0 Å². The van der Waals surface area contributed by atoms with Crippen molar-refractivity contribution in [1.82, 2.24) is 0 Å². The number of aliphatic hydroxyl groups is 1. The number of aliphatic hydroxyl groups excluding tert-OH is 1. The van der Waals surface area contributed by atoms with Gasteiger partial charge in [-0.2, -0.15) is 0 Å². The van der Waals surface area contributed by atoms with E-state index >= 15 is 0 Å². The van der Waals surface area contributed by atoms with Crippen molar-refractivity contribution in [2.24, 2.45) is 0 Å². The van der Waals surface area contributed by atoms with Gasteiger partial charge in [-0.25, -0.2) is 14.4 Å². The van der Waals surface area contributed by atoms with Crippen molar-refractivity contribution in [3.05, 3.63) is 179 Å². The Kier molecular flexibility index (Phi) is 15.8. The van der Waals surface area contributed by atoms with Crippen LogP contribution in [-0.2, 0) is 54.0 Å². The van der Waals surface area contributed by atoms with Crippen molar-refractivity contribution in [3.63, 3.8) is 0 Å². The molecule has 0 radical (unpaired) electrons. The third-order valence-electron chi connectivity index (χ3n) is 11.2. The molecule has 3 aliphatic rings. The van der Waals surface area contributed by atoms with E-state index < -0.39 is 85.6 Å². The molecule has 3 aliphatic heterocycles. The molecule has 0 amide bonds. The Labute approximate surface area is 377 Å². The standard InChI is InChI=1S/C51H52O14/c1-2-3-29-56-31-38-42(65-51-43(61-46(53)34-21-11-5-12-22-34)40(52)41-39(60-51)32-58-49(64-41)37-27-17-8-18-28-37)44(62-47(54)35-23-13-6-14-24-35)45(63-48(55)36-25-15-7-16-26-36)50(59-38)57-30-33-19-9-4-10-20-33/h4-28,38-45,49-52H,2-3,29-32H2,1H3. The summed E-state index contributed by atoms with van der Waals surface area (Å²) in [5.41, 5.74) is 2.14. The topological polar surface area (TPSA) is 164 Å². The van der Waals surface area contributed by atoms with E-state index in [9.17, 15) is 19.5 Å². The van der Waals surface area contributed by atoms with Gasteiger partial charge in [0.15, 0.2) is 37.2 Å². The van der Waals surface area contributed by atoms with E-state index in [1.165, 1.54) is 0 Å². The number of carbonyl (C=O) groups is 3. The number of esters is 3. The van der Waals surface area contributed by atoms with Crippen molar-refractivity contribution < 1.29 is 66.9 Å². The van der Waals surface area contributed by atoms with Crippen LogP contribution in [0.4, 0.5) is 0 Å². The van der Waals surface area contributed by atoms with Crippen LogP contribution in [0.25, 0.3) is 0 Å². The molecule has 8 rings (SSSR count). The van der Waals surface area contributed by atoms with Crippen LogP contribution in [0.1, 0.15) is 68.3 Å². The summed E-state index contributed by atoms with van der Waals surface area (Å²) in [4.78, 5) is 42.0. The molecule has 3 saturated heterocycles. The maximum absolute atomic E-state index is 14.2. The lowest BCUT2D eigenvalue weighted by molar-refractivity contribution is -0.385. The number of hydrogen-bond acceptors (Lipinski definition) is 14. The van der Waals surface area contributed by atoms with Crippen molar-refractivity contribution in [3.8, 4) is 0 Å². The summed E-state index contributed by atoms with van der Waals surface area (Å²) in [6.07, 6.45) is -12.6. The average molecular weight is 889 g/mol. The molecule has 14 nitrogen and oxygen atoms in total. The number of fused-ring (bicyclic) bond motifs is 1. The van der Waals surface area contributed by atoms with E-state index in [0.29, 0.717) is 12.2 Å². The monoisotopic (exact) mass is 888 g/mol. The Morgan fingerprint density at radius 1 is 0.600 bits per heavy atom. The normalized spacial score (nSPS) is 27.4. The minimum Gasteiger partial charge on any atom is -0.452 e. The number of rotatable bonds is 17. The van der Waals surface area contributed by atoms with Crippen LogP contribution in [0.5, 0.6) is 0 Å². The van der Waals surface area contributed by atoms with Crippen LogP contribution in [0.3, 0.4) is 0 Å². The van der Waals surface area contributed by atoms with E-state index in [1.54, 1.807) is 91.0 Å².